The summed E-state index contributed by atoms with van der Waals surface area (Å²) in [6, 6.07) is 14.1. The van der Waals surface area contributed by atoms with Gasteiger partial charge in [-0.3, -0.25) is 9.59 Å². The van der Waals surface area contributed by atoms with Gasteiger partial charge in [-0.05, 0) is 48.4 Å². The van der Waals surface area contributed by atoms with Gasteiger partial charge < -0.3 is 15.1 Å². The van der Waals surface area contributed by atoms with Crippen LogP contribution in [0.5, 0.6) is 0 Å². The molecule has 0 saturated carbocycles. The smallest absolute Gasteiger partial charge is 0.291 e. The van der Waals surface area contributed by atoms with E-state index in [9.17, 15) is 9.59 Å². The molecule has 2 aromatic heterocycles. The largest absolute Gasteiger partial charge is 0.459 e. The number of amides is 2. The highest BCUT2D eigenvalue weighted by Crippen LogP contribution is 2.22. The number of halogens is 1. The molecule has 0 saturated heterocycles. The normalized spacial score (nSPS) is 10.4. The number of furan rings is 1. The van der Waals surface area contributed by atoms with Crippen molar-refractivity contribution in [2.24, 2.45) is 0 Å². The van der Waals surface area contributed by atoms with Gasteiger partial charge in [-0.25, -0.2) is 0 Å². The Labute approximate surface area is 153 Å². The van der Waals surface area contributed by atoms with E-state index in [2.05, 4.69) is 10.6 Å². The SMILES string of the molecule is O=C(Nc1ccc(C(=O)NCCc2cccc(Cl)c2)s1)c1ccco1. The fourth-order valence-electron chi connectivity index (χ4n) is 2.21. The molecule has 3 aromatic rings. The van der Waals surface area contributed by atoms with Gasteiger partial charge in [0.25, 0.3) is 11.8 Å². The van der Waals surface area contributed by atoms with Crippen LogP contribution in [0, 0.1) is 0 Å². The predicted molar refractivity (Wildman–Crippen MR) is 98.5 cm³/mol. The summed E-state index contributed by atoms with van der Waals surface area (Å²) in [5.41, 5.74) is 1.06. The maximum atomic E-state index is 12.2. The van der Waals surface area contributed by atoms with Crippen molar-refractivity contribution in [1.82, 2.24) is 5.32 Å². The lowest BCUT2D eigenvalue weighted by Crippen LogP contribution is -2.24. The molecule has 0 spiro atoms. The molecule has 2 amide bonds. The van der Waals surface area contributed by atoms with Crippen LogP contribution in [0.1, 0.15) is 25.8 Å². The van der Waals surface area contributed by atoms with Crippen molar-refractivity contribution in [2.45, 2.75) is 6.42 Å². The highest BCUT2D eigenvalue weighted by atomic mass is 35.5. The zero-order valence-corrected chi connectivity index (χ0v) is 14.7. The number of benzene rings is 1. The molecule has 0 unspecified atom stereocenters. The molecule has 5 nitrogen and oxygen atoms in total. The van der Waals surface area contributed by atoms with E-state index in [1.54, 1.807) is 24.3 Å². The second-order valence-corrected chi connectivity index (χ2v) is 6.75. The van der Waals surface area contributed by atoms with E-state index in [0.717, 1.165) is 5.56 Å². The van der Waals surface area contributed by atoms with Gasteiger partial charge in [0.15, 0.2) is 5.76 Å². The van der Waals surface area contributed by atoms with E-state index in [-0.39, 0.29) is 17.6 Å². The Morgan fingerprint density at radius 1 is 1.08 bits per heavy atom. The third-order valence-electron chi connectivity index (χ3n) is 3.40. The highest BCUT2D eigenvalue weighted by Gasteiger charge is 2.13. The van der Waals surface area contributed by atoms with Crippen LogP contribution in [0.15, 0.2) is 59.2 Å². The van der Waals surface area contributed by atoms with E-state index in [1.807, 2.05) is 24.3 Å². The van der Waals surface area contributed by atoms with Crippen molar-refractivity contribution in [1.29, 1.82) is 0 Å². The molecule has 0 radical (unpaired) electrons. The van der Waals surface area contributed by atoms with Crippen molar-refractivity contribution < 1.29 is 14.0 Å². The molecule has 0 aliphatic heterocycles. The molecule has 1 aromatic carbocycles. The van der Waals surface area contributed by atoms with Gasteiger partial charge in [-0.1, -0.05) is 23.7 Å². The maximum Gasteiger partial charge on any atom is 0.291 e. The Bertz CT molecular complexity index is 874. The lowest BCUT2D eigenvalue weighted by Gasteiger charge is -2.04. The third-order valence-corrected chi connectivity index (χ3v) is 4.63. The lowest BCUT2D eigenvalue weighted by atomic mass is 10.1. The summed E-state index contributed by atoms with van der Waals surface area (Å²) in [5.74, 6) is -0.300. The summed E-state index contributed by atoms with van der Waals surface area (Å²) in [7, 11) is 0. The van der Waals surface area contributed by atoms with Crippen LogP contribution in [0.2, 0.25) is 5.02 Å². The van der Waals surface area contributed by atoms with Crippen molar-refractivity contribution in [3.63, 3.8) is 0 Å². The summed E-state index contributed by atoms with van der Waals surface area (Å²) in [6.07, 6.45) is 2.13. The molecule has 3 rings (SSSR count). The number of hydrogen-bond acceptors (Lipinski definition) is 4. The van der Waals surface area contributed by atoms with Crippen LogP contribution < -0.4 is 10.6 Å². The lowest BCUT2D eigenvalue weighted by molar-refractivity contribution is 0.0956. The van der Waals surface area contributed by atoms with E-state index in [1.165, 1.54) is 17.6 Å². The molecule has 0 aliphatic carbocycles. The van der Waals surface area contributed by atoms with Crippen LogP contribution in [-0.4, -0.2) is 18.4 Å². The minimum absolute atomic E-state index is 0.175. The van der Waals surface area contributed by atoms with Gasteiger partial charge in [0.05, 0.1) is 16.1 Å². The summed E-state index contributed by atoms with van der Waals surface area (Å²) in [4.78, 5) is 24.6. The zero-order chi connectivity index (χ0) is 17.6. The Kier molecular flexibility index (Phi) is 5.53. The second-order valence-electron chi connectivity index (χ2n) is 5.23. The van der Waals surface area contributed by atoms with Crippen molar-refractivity contribution in [3.8, 4) is 0 Å². The summed E-state index contributed by atoms with van der Waals surface area (Å²) in [6.45, 7) is 0.505. The molecular weight excluding hydrogens is 360 g/mol. The molecule has 2 heterocycles. The maximum absolute atomic E-state index is 12.2. The molecule has 25 heavy (non-hydrogen) atoms. The first-order chi connectivity index (χ1) is 12.1. The van der Waals surface area contributed by atoms with Crippen molar-refractivity contribution in [3.05, 3.63) is 76.0 Å². The van der Waals surface area contributed by atoms with Gasteiger partial charge in [0.2, 0.25) is 0 Å². The van der Waals surface area contributed by atoms with Crippen LogP contribution in [0.3, 0.4) is 0 Å². The van der Waals surface area contributed by atoms with E-state index in [0.29, 0.717) is 27.9 Å². The number of hydrogen-bond donors (Lipinski definition) is 2. The number of nitrogens with one attached hydrogen (secondary N) is 2. The molecule has 7 heteroatoms. The molecule has 0 fully saturated rings. The average Bonchev–Trinajstić information content (AvgIpc) is 3.26. The number of rotatable bonds is 6. The van der Waals surface area contributed by atoms with E-state index < -0.39 is 0 Å². The minimum Gasteiger partial charge on any atom is -0.459 e. The molecular formula is C18H15ClN2O3S. The van der Waals surface area contributed by atoms with Gasteiger partial charge in [-0.2, -0.15) is 0 Å². The number of carbonyl (C=O) groups is 2. The average molecular weight is 375 g/mol. The quantitative estimate of drug-likeness (QED) is 0.678. The fraction of sp³-hybridized carbons (Fsp3) is 0.111. The highest BCUT2D eigenvalue weighted by molar-refractivity contribution is 7.18. The molecule has 128 valence electrons. The Hall–Kier alpha value is -2.57. The van der Waals surface area contributed by atoms with Gasteiger partial charge >= 0.3 is 0 Å². The number of anilines is 1. The third kappa shape index (κ3) is 4.71. The Morgan fingerprint density at radius 2 is 1.96 bits per heavy atom. The Morgan fingerprint density at radius 3 is 2.72 bits per heavy atom. The monoisotopic (exact) mass is 374 g/mol. The van der Waals surface area contributed by atoms with Gasteiger partial charge in [-0.15, -0.1) is 11.3 Å². The first kappa shape index (κ1) is 17.3. The molecule has 0 atom stereocenters. The van der Waals surface area contributed by atoms with Crippen LogP contribution >= 0.6 is 22.9 Å². The van der Waals surface area contributed by atoms with Crippen LogP contribution in [0.4, 0.5) is 5.00 Å². The first-order valence-corrected chi connectivity index (χ1v) is 8.78. The number of thiophene rings is 1. The fourth-order valence-corrected chi connectivity index (χ4v) is 3.24. The molecule has 0 aliphatic rings. The van der Waals surface area contributed by atoms with Crippen molar-refractivity contribution in [2.75, 3.05) is 11.9 Å². The van der Waals surface area contributed by atoms with Crippen LogP contribution in [0.25, 0.3) is 0 Å². The van der Waals surface area contributed by atoms with Crippen molar-refractivity contribution >= 4 is 39.8 Å². The standard InChI is InChI=1S/C18H15ClN2O3S/c19-13-4-1-3-12(11-13)8-9-20-18(23)15-6-7-16(25-15)21-17(22)14-5-2-10-24-14/h1-7,10-11H,8-9H2,(H,20,23)(H,21,22). The summed E-state index contributed by atoms with van der Waals surface area (Å²) < 4.78 is 5.03. The summed E-state index contributed by atoms with van der Waals surface area (Å²) in [5, 5.41) is 6.82. The Balaban J connectivity index is 1.51. The van der Waals surface area contributed by atoms with Gasteiger partial charge in [0.1, 0.15) is 0 Å². The minimum atomic E-state index is -0.347. The van der Waals surface area contributed by atoms with E-state index >= 15 is 0 Å². The molecule has 2 N–H and O–H groups in total. The zero-order valence-electron chi connectivity index (χ0n) is 13.1. The predicted octanol–water partition coefficient (Wildman–Crippen LogP) is 4.22. The van der Waals surface area contributed by atoms with E-state index in [4.69, 9.17) is 16.0 Å². The summed E-state index contributed by atoms with van der Waals surface area (Å²) >= 11 is 7.15. The number of carbonyl (C=O) groups excluding carboxylic acids is 2. The van der Waals surface area contributed by atoms with Crippen LogP contribution in [-0.2, 0) is 6.42 Å². The topological polar surface area (TPSA) is 71.3 Å². The van der Waals surface area contributed by atoms with Gasteiger partial charge in [0, 0.05) is 11.6 Å². The first-order valence-electron chi connectivity index (χ1n) is 7.59. The second kappa shape index (κ2) is 8.00. The molecule has 0 bridgehead atoms.